The number of carbonyl (C=O) groups is 2. The summed E-state index contributed by atoms with van der Waals surface area (Å²) in [5.74, 6) is 0.736. The molecule has 0 radical (unpaired) electrons. The largest absolute Gasteiger partial charge is 0.348 e. The molecule has 1 aromatic rings. The molecule has 2 amide bonds. The number of anilines is 1. The molecule has 1 aromatic carbocycles. The van der Waals surface area contributed by atoms with Crippen molar-refractivity contribution in [3.63, 3.8) is 0 Å². The van der Waals surface area contributed by atoms with Gasteiger partial charge in [0.1, 0.15) is 26.2 Å². The number of carbonyl (C=O) groups excluding carboxylic acids is 2. The second-order valence-electron chi connectivity index (χ2n) is 8.71. The number of amides is 2. The van der Waals surface area contributed by atoms with Crippen LogP contribution in [0.4, 0.5) is 5.69 Å². The maximum atomic E-state index is 12.7. The van der Waals surface area contributed by atoms with Gasteiger partial charge in [-0.15, -0.1) is 0 Å². The van der Waals surface area contributed by atoms with E-state index in [0.717, 1.165) is 32.6 Å². The quantitative estimate of drug-likeness (QED) is 0.527. The Morgan fingerprint density at radius 3 is 2.52 bits per heavy atom. The van der Waals surface area contributed by atoms with Gasteiger partial charge >= 0.3 is 0 Å². The maximum Gasteiger partial charge on any atom is 0.279 e. The highest BCUT2D eigenvalue weighted by molar-refractivity contribution is 6.33. The fourth-order valence-electron chi connectivity index (χ4n) is 4.54. The maximum absolute atomic E-state index is 12.7. The molecular formula is C22H35ClN4O2+2. The van der Waals surface area contributed by atoms with Crippen molar-refractivity contribution in [2.24, 2.45) is 5.92 Å². The molecule has 0 aromatic heterocycles. The van der Waals surface area contributed by atoms with Gasteiger partial charge in [-0.05, 0) is 37.8 Å². The summed E-state index contributed by atoms with van der Waals surface area (Å²) in [6.45, 7) is 8.31. The Morgan fingerprint density at radius 1 is 1.14 bits per heavy atom. The molecule has 0 unspecified atom stereocenters. The first-order valence-corrected chi connectivity index (χ1v) is 11.3. The molecule has 0 bridgehead atoms. The number of para-hydroxylation sites is 1. The molecule has 160 valence electrons. The van der Waals surface area contributed by atoms with Crippen LogP contribution in [0, 0.1) is 5.92 Å². The summed E-state index contributed by atoms with van der Waals surface area (Å²) in [5.41, 5.74) is 0.657. The van der Waals surface area contributed by atoms with Gasteiger partial charge in [0.15, 0.2) is 12.6 Å². The number of piperazine rings is 1. The number of benzene rings is 1. The molecule has 1 aliphatic heterocycles. The highest BCUT2D eigenvalue weighted by Crippen LogP contribution is 2.23. The van der Waals surface area contributed by atoms with Crippen LogP contribution in [0.15, 0.2) is 24.3 Å². The van der Waals surface area contributed by atoms with Gasteiger partial charge in [-0.3, -0.25) is 9.59 Å². The van der Waals surface area contributed by atoms with E-state index < -0.39 is 0 Å². The Hall–Kier alpha value is -1.63. The average molecular weight is 423 g/mol. The van der Waals surface area contributed by atoms with Gasteiger partial charge in [0.2, 0.25) is 0 Å². The molecule has 3 atom stereocenters. The van der Waals surface area contributed by atoms with Gasteiger partial charge in [-0.1, -0.05) is 43.5 Å². The lowest BCUT2D eigenvalue weighted by atomic mass is 9.86. The minimum atomic E-state index is -0.0392. The van der Waals surface area contributed by atoms with Crippen LogP contribution in [0.1, 0.15) is 39.5 Å². The Balaban J connectivity index is 1.41. The second kappa shape index (κ2) is 10.4. The molecule has 29 heavy (non-hydrogen) atoms. The monoisotopic (exact) mass is 422 g/mol. The predicted molar refractivity (Wildman–Crippen MR) is 115 cm³/mol. The zero-order valence-electron chi connectivity index (χ0n) is 17.6. The Bertz CT molecular complexity index is 706. The fourth-order valence-corrected chi connectivity index (χ4v) is 4.73. The van der Waals surface area contributed by atoms with Crippen LogP contribution in [0.2, 0.25) is 5.02 Å². The van der Waals surface area contributed by atoms with E-state index in [1.807, 2.05) is 25.1 Å². The molecule has 6 nitrogen and oxygen atoms in total. The van der Waals surface area contributed by atoms with Gasteiger partial charge < -0.3 is 20.4 Å². The van der Waals surface area contributed by atoms with Crippen molar-refractivity contribution in [3.05, 3.63) is 29.3 Å². The minimum absolute atomic E-state index is 0.0198. The van der Waals surface area contributed by atoms with Crippen molar-refractivity contribution in [1.29, 1.82) is 0 Å². The molecule has 3 rings (SSSR count). The van der Waals surface area contributed by atoms with Crippen LogP contribution in [0.25, 0.3) is 0 Å². The number of rotatable bonds is 6. The highest BCUT2D eigenvalue weighted by Gasteiger charge is 2.33. The molecule has 7 heteroatoms. The highest BCUT2D eigenvalue weighted by atomic mass is 35.5. The van der Waals surface area contributed by atoms with E-state index in [1.165, 1.54) is 29.1 Å². The number of nitrogens with one attached hydrogen (secondary N) is 4. The Labute approximate surface area is 179 Å². The first-order chi connectivity index (χ1) is 13.9. The molecule has 1 aliphatic carbocycles. The molecule has 1 saturated heterocycles. The molecule has 0 spiro atoms. The summed E-state index contributed by atoms with van der Waals surface area (Å²) in [7, 11) is 0. The molecule has 4 N–H and O–H groups in total. The summed E-state index contributed by atoms with van der Waals surface area (Å²) < 4.78 is 0. The average Bonchev–Trinajstić information content (AvgIpc) is 2.71. The van der Waals surface area contributed by atoms with Crippen molar-refractivity contribution in [1.82, 2.24) is 5.32 Å². The first-order valence-electron chi connectivity index (χ1n) is 11.0. The lowest BCUT2D eigenvalue weighted by molar-refractivity contribution is -1.01. The summed E-state index contributed by atoms with van der Waals surface area (Å²) in [5, 5.41) is 6.75. The number of quaternary nitrogens is 2. The van der Waals surface area contributed by atoms with Crippen LogP contribution in [0.5, 0.6) is 0 Å². The van der Waals surface area contributed by atoms with Gasteiger partial charge in [-0.2, -0.15) is 0 Å². The lowest BCUT2D eigenvalue weighted by Crippen LogP contribution is -3.30. The number of hydrogen-bond donors (Lipinski definition) is 4. The van der Waals surface area contributed by atoms with Crippen molar-refractivity contribution < 1.29 is 19.4 Å². The normalized spacial score (nSPS) is 28.4. The van der Waals surface area contributed by atoms with Crippen LogP contribution < -0.4 is 20.4 Å². The summed E-state index contributed by atoms with van der Waals surface area (Å²) in [4.78, 5) is 27.7. The van der Waals surface area contributed by atoms with E-state index in [0.29, 0.717) is 29.2 Å². The van der Waals surface area contributed by atoms with Gasteiger partial charge in [-0.25, -0.2) is 0 Å². The third kappa shape index (κ3) is 6.17. The van der Waals surface area contributed by atoms with Crippen molar-refractivity contribution >= 4 is 29.1 Å². The predicted octanol–water partition coefficient (Wildman–Crippen LogP) is 0.145. The smallest absolute Gasteiger partial charge is 0.279 e. The molecule has 2 aliphatic rings. The van der Waals surface area contributed by atoms with Crippen LogP contribution in [0.3, 0.4) is 0 Å². The Kier molecular flexibility index (Phi) is 7.92. The topological polar surface area (TPSA) is 67.1 Å². The van der Waals surface area contributed by atoms with E-state index in [2.05, 4.69) is 17.6 Å². The molecule has 1 heterocycles. The van der Waals surface area contributed by atoms with Crippen LogP contribution in [-0.2, 0) is 9.59 Å². The van der Waals surface area contributed by atoms with Gasteiger partial charge in [0.05, 0.1) is 10.7 Å². The zero-order chi connectivity index (χ0) is 20.8. The summed E-state index contributed by atoms with van der Waals surface area (Å²) in [6, 6.07) is 7.58. The van der Waals surface area contributed by atoms with Crippen molar-refractivity contribution in [2.75, 3.05) is 38.0 Å². The first kappa shape index (κ1) is 22.1. The van der Waals surface area contributed by atoms with Gasteiger partial charge in [0.25, 0.3) is 11.8 Å². The molecule has 2 fully saturated rings. The Morgan fingerprint density at radius 2 is 1.83 bits per heavy atom. The van der Waals surface area contributed by atoms with Crippen molar-refractivity contribution in [2.45, 2.75) is 51.6 Å². The second-order valence-corrected chi connectivity index (χ2v) is 9.12. The van der Waals surface area contributed by atoms with E-state index in [9.17, 15) is 9.59 Å². The van der Waals surface area contributed by atoms with E-state index in [-0.39, 0.29) is 17.9 Å². The fraction of sp³-hybridized carbons (Fsp3) is 0.636. The van der Waals surface area contributed by atoms with Crippen LogP contribution >= 0.6 is 11.6 Å². The lowest BCUT2D eigenvalue weighted by Gasteiger charge is -2.34. The van der Waals surface area contributed by atoms with E-state index in [1.54, 1.807) is 6.07 Å². The SMILES string of the molecule is C[C@@H]1CCCC[C@@H]1NC(=O)[C@@H](C)[NH+]1CC[NH+](CC(=O)Nc2ccccc2Cl)CC1. The molecular weight excluding hydrogens is 388 g/mol. The van der Waals surface area contributed by atoms with E-state index >= 15 is 0 Å². The third-order valence-electron chi connectivity index (χ3n) is 6.60. The zero-order valence-corrected chi connectivity index (χ0v) is 18.4. The van der Waals surface area contributed by atoms with Crippen LogP contribution in [-0.4, -0.2) is 56.6 Å². The summed E-state index contributed by atoms with van der Waals surface area (Å²) >= 11 is 6.11. The van der Waals surface area contributed by atoms with Gasteiger partial charge in [0, 0.05) is 6.04 Å². The standard InChI is InChI=1S/C22H33ClN4O2/c1-16-7-3-5-9-19(16)25-22(29)17(2)27-13-11-26(12-14-27)15-21(28)24-20-10-6-4-8-18(20)23/h4,6,8,10,16-17,19H,3,5,7,9,11-15H2,1-2H3,(H,24,28)(H,25,29)/p+2/t16-,17-,19+/m1/s1. The summed E-state index contributed by atoms with van der Waals surface area (Å²) in [6.07, 6.45) is 4.82. The van der Waals surface area contributed by atoms with E-state index in [4.69, 9.17) is 11.6 Å². The number of hydrogen-bond acceptors (Lipinski definition) is 2. The third-order valence-corrected chi connectivity index (χ3v) is 6.93. The minimum Gasteiger partial charge on any atom is -0.348 e. The molecule has 1 saturated carbocycles. The number of halogens is 1. The van der Waals surface area contributed by atoms with Crippen molar-refractivity contribution in [3.8, 4) is 0 Å².